The molecular weight excluding hydrogens is 381 g/mol. The van der Waals surface area contributed by atoms with Crippen LogP contribution in [0.1, 0.15) is 12.0 Å². The molecule has 26 heavy (non-hydrogen) atoms. The summed E-state index contributed by atoms with van der Waals surface area (Å²) < 4.78 is 41.7. The van der Waals surface area contributed by atoms with E-state index < -0.39 is 35.4 Å². The number of rotatable bonds is 9. The first kappa shape index (κ1) is 21.5. The Kier molecular flexibility index (Phi) is 7.68. The molecule has 8 nitrogen and oxygen atoms in total. The molecule has 144 valence electrons. The molecule has 1 aromatic rings. The minimum Gasteiger partial charge on any atom is -0.490 e. The Morgan fingerprint density at radius 1 is 1.42 bits per heavy atom. The SMILES string of the molecule is COc1ccc(CSCC(=O)NC(CC(F)(F)F)C(=O)O)cc1[N+](=O)[O-]. The van der Waals surface area contributed by atoms with Crippen molar-refractivity contribution >= 4 is 29.3 Å². The maximum Gasteiger partial charge on any atom is 0.391 e. The van der Waals surface area contributed by atoms with Crippen LogP contribution in [0.3, 0.4) is 0 Å². The topological polar surface area (TPSA) is 119 Å². The van der Waals surface area contributed by atoms with E-state index in [1.165, 1.54) is 19.2 Å². The van der Waals surface area contributed by atoms with Crippen molar-refractivity contribution in [2.45, 2.75) is 24.4 Å². The van der Waals surface area contributed by atoms with Gasteiger partial charge in [0, 0.05) is 11.8 Å². The molecule has 12 heteroatoms. The molecule has 0 fully saturated rings. The van der Waals surface area contributed by atoms with Gasteiger partial charge < -0.3 is 15.2 Å². The third-order valence-electron chi connectivity index (χ3n) is 3.01. The average molecular weight is 396 g/mol. The Morgan fingerprint density at radius 2 is 2.08 bits per heavy atom. The number of halogens is 3. The number of amides is 1. The highest BCUT2D eigenvalue weighted by atomic mass is 32.2. The Bertz CT molecular complexity index is 683. The smallest absolute Gasteiger partial charge is 0.391 e. The normalized spacial score (nSPS) is 12.3. The van der Waals surface area contributed by atoms with Crippen molar-refractivity contribution in [3.8, 4) is 5.75 Å². The fraction of sp³-hybridized carbons (Fsp3) is 0.429. The Morgan fingerprint density at radius 3 is 2.58 bits per heavy atom. The predicted molar refractivity (Wildman–Crippen MR) is 86.0 cm³/mol. The van der Waals surface area contributed by atoms with Crippen LogP contribution >= 0.6 is 11.8 Å². The van der Waals surface area contributed by atoms with Crippen LogP contribution in [0.25, 0.3) is 0 Å². The fourth-order valence-electron chi connectivity index (χ4n) is 1.90. The molecule has 1 unspecified atom stereocenters. The van der Waals surface area contributed by atoms with Crippen LogP contribution in [0.15, 0.2) is 18.2 Å². The summed E-state index contributed by atoms with van der Waals surface area (Å²) in [6.07, 6.45) is -6.41. The van der Waals surface area contributed by atoms with Crippen molar-refractivity contribution < 1.29 is 37.5 Å². The van der Waals surface area contributed by atoms with Gasteiger partial charge in [-0.05, 0) is 11.6 Å². The van der Waals surface area contributed by atoms with Crippen molar-refractivity contribution in [3.05, 3.63) is 33.9 Å². The molecule has 0 aromatic heterocycles. The summed E-state index contributed by atoms with van der Waals surface area (Å²) in [4.78, 5) is 32.7. The highest BCUT2D eigenvalue weighted by molar-refractivity contribution is 7.99. The fourth-order valence-corrected chi connectivity index (χ4v) is 2.68. The first-order valence-electron chi connectivity index (χ1n) is 7.01. The molecule has 2 N–H and O–H groups in total. The number of benzene rings is 1. The van der Waals surface area contributed by atoms with Gasteiger partial charge >= 0.3 is 17.8 Å². The number of methoxy groups -OCH3 is 1. The molecule has 0 radical (unpaired) electrons. The van der Waals surface area contributed by atoms with Gasteiger partial charge in [-0.2, -0.15) is 13.2 Å². The van der Waals surface area contributed by atoms with Gasteiger partial charge in [0.15, 0.2) is 5.75 Å². The highest BCUT2D eigenvalue weighted by Gasteiger charge is 2.36. The van der Waals surface area contributed by atoms with Crippen LogP contribution in [-0.4, -0.2) is 47.0 Å². The van der Waals surface area contributed by atoms with Crippen LogP contribution in [0.5, 0.6) is 5.75 Å². The number of carboxylic acid groups (broad SMARTS) is 1. The Hall–Kier alpha value is -2.50. The second-order valence-electron chi connectivity index (χ2n) is 5.03. The monoisotopic (exact) mass is 396 g/mol. The summed E-state index contributed by atoms with van der Waals surface area (Å²) in [6, 6.07) is 2.12. The zero-order chi connectivity index (χ0) is 19.9. The Balaban J connectivity index is 2.59. The number of carbonyl (C=O) groups is 2. The molecule has 0 aliphatic heterocycles. The Labute approximate surface area is 149 Å². The number of alkyl halides is 3. The summed E-state index contributed by atoms with van der Waals surface area (Å²) in [5.74, 6) is -2.74. The van der Waals surface area contributed by atoms with Crippen molar-refractivity contribution in [1.82, 2.24) is 5.32 Å². The van der Waals surface area contributed by atoms with E-state index in [4.69, 9.17) is 9.84 Å². The summed E-state index contributed by atoms with van der Waals surface area (Å²) in [5, 5.41) is 21.4. The standard InChI is InChI=1S/C14H15F3N2O6S/c1-25-11-3-2-8(4-10(11)19(23)24)6-26-7-12(20)18-9(13(21)22)5-14(15,16)17/h2-4,9H,5-7H2,1H3,(H,18,20)(H,21,22). The maximum atomic E-state index is 12.3. The van der Waals surface area contributed by atoms with Crippen LogP contribution in [0.2, 0.25) is 0 Å². The van der Waals surface area contributed by atoms with Gasteiger partial charge in [0.1, 0.15) is 6.04 Å². The zero-order valence-corrected chi connectivity index (χ0v) is 14.2. The van der Waals surface area contributed by atoms with Crippen molar-refractivity contribution in [2.24, 2.45) is 0 Å². The van der Waals surface area contributed by atoms with Gasteiger partial charge in [0.05, 0.1) is 24.2 Å². The van der Waals surface area contributed by atoms with Crippen LogP contribution in [-0.2, 0) is 15.3 Å². The first-order chi connectivity index (χ1) is 12.0. The second-order valence-corrected chi connectivity index (χ2v) is 6.02. The number of carbonyl (C=O) groups excluding carboxylic acids is 1. The molecule has 0 aliphatic rings. The largest absolute Gasteiger partial charge is 0.490 e. The molecule has 0 aliphatic carbocycles. The van der Waals surface area contributed by atoms with E-state index in [1.54, 1.807) is 11.4 Å². The molecule has 1 rings (SSSR count). The van der Waals surface area contributed by atoms with E-state index in [9.17, 15) is 32.9 Å². The number of nitro groups is 1. The van der Waals surface area contributed by atoms with Crippen molar-refractivity contribution in [3.63, 3.8) is 0 Å². The van der Waals surface area contributed by atoms with E-state index >= 15 is 0 Å². The molecule has 0 heterocycles. The number of hydrogen-bond acceptors (Lipinski definition) is 6. The van der Waals surface area contributed by atoms with E-state index in [1.807, 2.05) is 0 Å². The molecule has 0 spiro atoms. The van der Waals surface area contributed by atoms with Crippen molar-refractivity contribution in [2.75, 3.05) is 12.9 Å². The predicted octanol–water partition coefficient (Wildman–Crippen LogP) is 2.36. The third kappa shape index (κ3) is 7.17. The first-order valence-corrected chi connectivity index (χ1v) is 8.17. The van der Waals surface area contributed by atoms with Gasteiger partial charge in [-0.25, -0.2) is 4.79 Å². The minimum atomic E-state index is -4.73. The van der Waals surface area contributed by atoms with Gasteiger partial charge in [-0.15, -0.1) is 11.8 Å². The van der Waals surface area contributed by atoms with E-state index in [0.717, 1.165) is 11.8 Å². The number of hydrogen-bond donors (Lipinski definition) is 2. The summed E-state index contributed by atoms with van der Waals surface area (Å²) >= 11 is 0.970. The third-order valence-corrected chi connectivity index (χ3v) is 4.01. The van der Waals surface area contributed by atoms with Gasteiger partial charge in [-0.1, -0.05) is 6.07 Å². The molecule has 1 amide bonds. The molecular formula is C14H15F3N2O6S. The number of nitrogens with one attached hydrogen (secondary N) is 1. The van der Waals surface area contributed by atoms with Crippen LogP contribution in [0.4, 0.5) is 18.9 Å². The number of ether oxygens (including phenoxy) is 1. The molecule has 0 saturated carbocycles. The minimum absolute atomic E-state index is 0.0675. The number of thioether (sulfide) groups is 1. The van der Waals surface area contributed by atoms with E-state index in [2.05, 4.69) is 0 Å². The summed E-state index contributed by atoms with van der Waals surface area (Å²) in [6.45, 7) is 0. The summed E-state index contributed by atoms with van der Waals surface area (Å²) in [5.41, 5.74) is 0.242. The second kappa shape index (κ2) is 9.27. The number of nitrogens with zero attached hydrogens (tertiary/aromatic N) is 1. The number of nitro benzene ring substituents is 1. The van der Waals surface area contributed by atoms with Gasteiger partial charge in [0.25, 0.3) is 0 Å². The average Bonchev–Trinajstić information content (AvgIpc) is 2.52. The number of aliphatic carboxylic acids is 1. The molecule has 0 saturated heterocycles. The lowest BCUT2D eigenvalue weighted by molar-refractivity contribution is -0.385. The summed E-state index contributed by atoms with van der Waals surface area (Å²) in [7, 11) is 1.28. The van der Waals surface area contributed by atoms with E-state index in [0.29, 0.717) is 5.56 Å². The van der Waals surface area contributed by atoms with Crippen LogP contribution < -0.4 is 10.1 Å². The lowest BCUT2D eigenvalue weighted by atomic mass is 10.2. The maximum absolute atomic E-state index is 12.3. The van der Waals surface area contributed by atoms with Crippen molar-refractivity contribution in [1.29, 1.82) is 0 Å². The van der Waals surface area contributed by atoms with Crippen LogP contribution in [0, 0.1) is 10.1 Å². The quantitative estimate of drug-likeness (QED) is 0.486. The molecule has 1 aromatic carbocycles. The van der Waals surface area contributed by atoms with Gasteiger partial charge in [0.2, 0.25) is 5.91 Å². The molecule has 0 bridgehead atoms. The lowest BCUT2D eigenvalue weighted by Gasteiger charge is -2.16. The highest BCUT2D eigenvalue weighted by Crippen LogP contribution is 2.29. The zero-order valence-electron chi connectivity index (χ0n) is 13.4. The van der Waals surface area contributed by atoms with Gasteiger partial charge in [-0.3, -0.25) is 14.9 Å². The van der Waals surface area contributed by atoms with E-state index in [-0.39, 0.29) is 22.9 Å². The molecule has 1 atom stereocenters. The lowest BCUT2D eigenvalue weighted by Crippen LogP contribution is -2.44. The number of carboxylic acids is 1.